The van der Waals surface area contributed by atoms with Gasteiger partial charge in [0.2, 0.25) is 0 Å². The van der Waals surface area contributed by atoms with Crippen molar-refractivity contribution >= 4 is 35.0 Å². The fourth-order valence-corrected chi connectivity index (χ4v) is 7.07. The predicted octanol–water partition coefficient (Wildman–Crippen LogP) is 5.44. The van der Waals surface area contributed by atoms with Crippen LogP contribution in [0, 0.1) is 17.3 Å². The van der Waals surface area contributed by atoms with Crippen molar-refractivity contribution in [3.63, 3.8) is 0 Å². The molecule has 1 unspecified atom stereocenters. The van der Waals surface area contributed by atoms with E-state index in [4.69, 9.17) is 16.6 Å². The molecule has 0 bridgehead atoms. The van der Waals surface area contributed by atoms with Crippen LogP contribution in [0.1, 0.15) is 93.2 Å². The molecular weight excluding hydrogens is 562 g/mol. The number of nitrogens with zero attached hydrogens (tertiary/aromatic N) is 4. The van der Waals surface area contributed by atoms with E-state index in [9.17, 15) is 9.59 Å². The van der Waals surface area contributed by atoms with Gasteiger partial charge in [-0.25, -0.2) is 5.53 Å². The van der Waals surface area contributed by atoms with Gasteiger partial charge in [0.15, 0.2) is 0 Å². The van der Waals surface area contributed by atoms with Gasteiger partial charge in [-0.2, -0.15) is 0 Å². The number of hydrogen-bond acceptors (Lipinski definition) is 7. The second-order valence-electron chi connectivity index (χ2n) is 13.5. The number of carbonyl (C=O) groups excluding carboxylic acids is 2. The van der Waals surface area contributed by atoms with Crippen LogP contribution in [-0.4, -0.2) is 52.6 Å². The fourth-order valence-electron chi connectivity index (χ4n) is 6.88. The topological polar surface area (TPSA) is 101 Å². The first-order valence-electron chi connectivity index (χ1n) is 15.4. The maximum Gasteiger partial charge on any atom is 0.275 e. The summed E-state index contributed by atoms with van der Waals surface area (Å²) < 4.78 is 0. The quantitative estimate of drug-likeness (QED) is 0.373. The number of rotatable bonds is 8. The summed E-state index contributed by atoms with van der Waals surface area (Å²) in [4.78, 5) is 34.7. The molecule has 9 nitrogen and oxygen atoms in total. The molecule has 0 saturated heterocycles. The molecule has 2 aliphatic carbocycles. The van der Waals surface area contributed by atoms with Gasteiger partial charge in [0, 0.05) is 36.2 Å². The van der Waals surface area contributed by atoms with Crippen molar-refractivity contribution in [2.75, 3.05) is 13.6 Å². The lowest BCUT2D eigenvalue weighted by Crippen LogP contribution is -2.52. The lowest BCUT2D eigenvalue weighted by atomic mass is 9.69. The van der Waals surface area contributed by atoms with E-state index in [2.05, 4.69) is 47.0 Å². The molecule has 0 aromatic heterocycles. The summed E-state index contributed by atoms with van der Waals surface area (Å²) in [5, 5.41) is 9.38. The van der Waals surface area contributed by atoms with Crippen molar-refractivity contribution in [1.82, 2.24) is 26.3 Å². The predicted molar refractivity (Wildman–Crippen MR) is 169 cm³/mol. The molecule has 2 aromatic carbocycles. The average Bonchev–Trinajstić information content (AvgIpc) is 3.67. The molecule has 2 saturated carbocycles. The van der Waals surface area contributed by atoms with Gasteiger partial charge >= 0.3 is 0 Å². The van der Waals surface area contributed by atoms with Gasteiger partial charge in [-0.3, -0.25) is 20.0 Å². The van der Waals surface area contributed by atoms with E-state index >= 15 is 0 Å². The Morgan fingerprint density at radius 1 is 1.12 bits per heavy atom. The number of amides is 2. The van der Waals surface area contributed by atoms with Crippen LogP contribution in [0.4, 0.5) is 0 Å². The molecule has 1 spiro atoms. The summed E-state index contributed by atoms with van der Waals surface area (Å²) in [5.41, 5.74) is 8.45. The Morgan fingerprint density at radius 2 is 1.84 bits per heavy atom. The van der Waals surface area contributed by atoms with Crippen LogP contribution in [0.3, 0.4) is 0 Å². The summed E-state index contributed by atoms with van der Waals surface area (Å²) in [6.45, 7) is 7.41. The Labute approximate surface area is 259 Å². The highest BCUT2D eigenvalue weighted by Crippen LogP contribution is 2.54. The molecule has 3 N–H and O–H groups in total. The second-order valence-corrected chi connectivity index (χ2v) is 13.9. The van der Waals surface area contributed by atoms with Crippen molar-refractivity contribution in [1.29, 1.82) is 0 Å². The van der Waals surface area contributed by atoms with Gasteiger partial charge in [0.1, 0.15) is 17.2 Å². The van der Waals surface area contributed by atoms with Gasteiger partial charge in [0.05, 0.1) is 6.04 Å². The van der Waals surface area contributed by atoms with Crippen LogP contribution in [0.5, 0.6) is 0 Å². The van der Waals surface area contributed by atoms with E-state index in [1.54, 1.807) is 5.12 Å². The van der Waals surface area contributed by atoms with E-state index < -0.39 is 5.66 Å². The lowest BCUT2D eigenvalue weighted by Gasteiger charge is -2.47. The molecule has 2 fully saturated rings. The number of halogens is 1. The smallest absolute Gasteiger partial charge is 0.275 e. The van der Waals surface area contributed by atoms with Gasteiger partial charge < -0.3 is 10.2 Å². The highest BCUT2D eigenvalue weighted by atomic mass is 35.5. The van der Waals surface area contributed by atoms with Gasteiger partial charge in [-0.1, -0.05) is 56.6 Å². The molecule has 2 amide bonds. The number of benzene rings is 2. The molecular formula is C33H42ClN7O2. The number of aliphatic imine (C=N–C) groups is 1. The zero-order valence-electron chi connectivity index (χ0n) is 25.5. The van der Waals surface area contributed by atoms with Crippen LogP contribution >= 0.6 is 11.6 Å². The summed E-state index contributed by atoms with van der Waals surface area (Å²) in [7, 11) is 1.82. The number of hydrogen-bond donors (Lipinski definition) is 3. The third-order valence-corrected chi connectivity index (χ3v) is 9.67. The highest BCUT2D eigenvalue weighted by Gasteiger charge is 2.55. The fraction of sp³-hybridized carbons (Fsp3) is 0.515. The van der Waals surface area contributed by atoms with E-state index in [1.165, 1.54) is 0 Å². The van der Waals surface area contributed by atoms with Gasteiger partial charge in [0.25, 0.3) is 11.8 Å². The van der Waals surface area contributed by atoms with Crippen molar-refractivity contribution in [2.24, 2.45) is 27.3 Å². The molecule has 228 valence electrons. The largest absolute Gasteiger partial charge is 0.352 e. The van der Waals surface area contributed by atoms with Gasteiger partial charge in [-0.15, -0.1) is 10.2 Å². The molecule has 10 heteroatoms. The first-order valence-corrected chi connectivity index (χ1v) is 15.8. The van der Waals surface area contributed by atoms with E-state index in [0.29, 0.717) is 41.1 Å². The first-order chi connectivity index (χ1) is 20.5. The van der Waals surface area contributed by atoms with E-state index in [1.807, 2.05) is 55.6 Å². The summed E-state index contributed by atoms with van der Waals surface area (Å²) in [5.74, 6) is 1.59. The van der Waals surface area contributed by atoms with Crippen LogP contribution in [-0.2, 0) is 4.79 Å². The maximum absolute atomic E-state index is 14.4. The molecule has 1 atom stereocenters. The number of amidine groups is 1. The molecule has 6 rings (SSSR count). The van der Waals surface area contributed by atoms with Crippen molar-refractivity contribution in [3.8, 4) is 0 Å². The first kappa shape index (κ1) is 29.6. The minimum absolute atomic E-state index is 0.0150. The summed E-state index contributed by atoms with van der Waals surface area (Å²) >= 11 is 6.36. The normalized spacial score (nSPS) is 24.8. The third-order valence-electron chi connectivity index (χ3n) is 9.44. The van der Waals surface area contributed by atoms with Crippen LogP contribution in [0.2, 0.25) is 5.02 Å². The van der Waals surface area contributed by atoms with Crippen LogP contribution < -0.4 is 16.3 Å². The molecule has 0 radical (unpaired) electrons. The molecule has 2 heterocycles. The zero-order valence-corrected chi connectivity index (χ0v) is 26.2. The minimum atomic E-state index is -0.570. The molecule has 2 aromatic rings. The number of carbonyl (C=O) groups is 2. The standard InChI is InChI=1S/C33H42ClN7O2/c1-32(2,3)25-14-17-33(18-15-25)36-28(24-6-5-7-26(34)20-24)31(43)41(33)29(21-8-9-21)22-10-12-23(13-11-22)30(42)35-19-16-27-37-39-40(4)38-27/h5-7,10-13,20-21,25,29,39H,8-9,14-19H2,1-4H3,(H,35,42)(H,37,38). The molecule has 43 heavy (non-hydrogen) atoms. The third kappa shape index (κ3) is 6.15. The SMILES string of the molecule is CN1NN=C(CCNC(=O)c2ccc(C(C3CC3)N3C(=O)C(c4cccc(Cl)c4)=NC34CCC(C(C)(C)C)CC4)cc2)N1. The summed E-state index contributed by atoms with van der Waals surface area (Å²) in [6, 6.07) is 15.2. The second kappa shape index (κ2) is 11.6. The Balaban J connectivity index is 1.25. The summed E-state index contributed by atoms with van der Waals surface area (Å²) in [6.07, 6.45) is 6.50. The highest BCUT2D eigenvalue weighted by molar-refractivity contribution is 6.47. The lowest BCUT2D eigenvalue weighted by molar-refractivity contribution is -0.134. The van der Waals surface area contributed by atoms with E-state index in [0.717, 1.165) is 55.5 Å². The van der Waals surface area contributed by atoms with E-state index in [-0.39, 0.29) is 23.3 Å². The van der Waals surface area contributed by atoms with Crippen molar-refractivity contribution < 1.29 is 9.59 Å². The minimum Gasteiger partial charge on any atom is -0.352 e. The Kier molecular flexibility index (Phi) is 7.98. The molecule has 2 aliphatic heterocycles. The molecule has 4 aliphatic rings. The average molecular weight is 604 g/mol. The number of nitrogens with one attached hydrogen (secondary N) is 3. The zero-order chi connectivity index (χ0) is 30.4. The Bertz CT molecular complexity index is 1440. The monoisotopic (exact) mass is 603 g/mol. The van der Waals surface area contributed by atoms with Crippen molar-refractivity contribution in [3.05, 3.63) is 70.2 Å². The van der Waals surface area contributed by atoms with Gasteiger partial charge in [-0.05, 0) is 85.6 Å². The Morgan fingerprint density at radius 3 is 2.44 bits per heavy atom. The number of hydrazine groups is 2. The Hall–Kier alpha value is -3.43. The van der Waals surface area contributed by atoms with Crippen LogP contribution in [0.25, 0.3) is 0 Å². The number of hydrazone groups is 1. The van der Waals surface area contributed by atoms with Crippen LogP contribution in [0.15, 0.2) is 58.6 Å². The maximum atomic E-state index is 14.4. The van der Waals surface area contributed by atoms with Crippen molar-refractivity contribution in [2.45, 2.75) is 77.4 Å².